The third kappa shape index (κ3) is 3.29. The Bertz CT molecular complexity index is 857. The number of ether oxygens (including phenoxy) is 2. The Hall–Kier alpha value is -2.48. The second kappa shape index (κ2) is 6.30. The molecule has 0 bridgehead atoms. The fourth-order valence-corrected chi connectivity index (χ4v) is 3.88. The predicted molar refractivity (Wildman–Crippen MR) is 93.5 cm³/mol. The van der Waals surface area contributed by atoms with E-state index in [2.05, 4.69) is 15.1 Å². The number of nitrogens with zero attached hydrogens (tertiary/aromatic N) is 4. The van der Waals surface area contributed by atoms with Crippen molar-refractivity contribution in [1.29, 1.82) is 0 Å². The first kappa shape index (κ1) is 16.7. The molecule has 142 valence electrons. The van der Waals surface area contributed by atoms with Crippen LogP contribution in [0.1, 0.15) is 53.5 Å². The first-order valence-electron chi connectivity index (χ1n) is 9.45. The van der Waals surface area contributed by atoms with Crippen LogP contribution in [0.5, 0.6) is 5.88 Å². The first-order valence-corrected chi connectivity index (χ1v) is 9.45. The van der Waals surface area contributed by atoms with Crippen LogP contribution in [0.4, 0.5) is 0 Å². The van der Waals surface area contributed by atoms with Gasteiger partial charge in [-0.15, -0.1) is 0 Å². The molecule has 27 heavy (non-hydrogen) atoms. The third-order valence-corrected chi connectivity index (χ3v) is 5.44. The number of hydrogen-bond donors (Lipinski definition) is 0. The van der Waals surface area contributed by atoms with Crippen LogP contribution in [0, 0.1) is 6.92 Å². The smallest absolute Gasteiger partial charge is 0.276 e. The summed E-state index contributed by atoms with van der Waals surface area (Å²) in [6, 6.07) is 1.79. The summed E-state index contributed by atoms with van der Waals surface area (Å²) in [6.45, 7) is 3.61. The van der Waals surface area contributed by atoms with Gasteiger partial charge >= 0.3 is 0 Å². The largest absolute Gasteiger partial charge is 0.473 e. The van der Waals surface area contributed by atoms with Gasteiger partial charge in [0.1, 0.15) is 17.5 Å². The molecule has 8 nitrogen and oxygen atoms in total. The molecule has 0 N–H and O–H groups in total. The number of carbonyl (C=O) groups excluding carboxylic acids is 1. The number of carbonyl (C=O) groups is 1. The van der Waals surface area contributed by atoms with E-state index in [1.54, 1.807) is 23.4 Å². The maximum atomic E-state index is 12.6. The van der Waals surface area contributed by atoms with Crippen molar-refractivity contribution in [3.05, 3.63) is 35.6 Å². The summed E-state index contributed by atoms with van der Waals surface area (Å²) in [6.07, 6.45) is 7.13. The Labute approximate surface area is 156 Å². The summed E-state index contributed by atoms with van der Waals surface area (Å²) in [5.74, 6) is 1.73. The van der Waals surface area contributed by atoms with Crippen molar-refractivity contribution >= 4 is 5.91 Å². The summed E-state index contributed by atoms with van der Waals surface area (Å²) in [5.41, 5.74) is 0.886. The Morgan fingerprint density at radius 2 is 2.15 bits per heavy atom. The van der Waals surface area contributed by atoms with Gasteiger partial charge in [0.25, 0.3) is 5.91 Å². The lowest BCUT2D eigenvalue weighted by atomic mass is 9.84. The maximum Gasteiger partial charge on any atom is 0.276 e. The quantitative estimate of drug-likeness (QED) is 0.814. The fourth-order valence-electron chi connectivity index (χ4n) is 3.88. The average Bonchev–Trinajstić information content (AvgIpc) is 3.36. The van der Waals surface area contributed by atoms with E-state index in [0.717, 1.165) is 37.1 Å². The molecule has 1 amide bonds. The Morgan fingerprint density at radius 3 is 2.93 bits per heavy atom. The molecule has 1 saturated carbocycles. The minimum absolute atomic E-state index is 0.0145. The van der Waals surface area contributed by atoms with E-state index in [9.17, 15) is 4.79 Å². The molecule has 2 saturated heterocycles. The zero-order valence-corrected chi connectivity index (χ0v) is 15.3. The molecule has 0 radical (unpaired) electrons. The van der Waals surface area contributed by atoms with Gasteiger partial charge in [-0.25, -0.2) is 4.98 Å². The molecule has 0 aromatic carbocycles. The van der Waals surface area contributed by atoms with E-state index < -0.39 is 0 Å². The highest BCUT2D eigenvalue weighted by atomic mass is 16.5. The van der Waals surface area contributed by atoms with Gasteiger partial charge < -0.3 is 18.9 Å². The minimum Gasteiger partial charge on any atom is -0.473 e. The highest BCUT2D eigenvalue weighted by Gasteiger charge is 2.50. The van der Waals surface area contributed by atoms with Crippen LogP contribution < -0.4 is 4.74 Å². The minimum atomic E-state index is -0.334. The molecular weight excluding hydrogens is 348 g/mol. The monoisotopic (exact) mass is 370 g/mol. The molecule has 3 aliphatic rings. The van der Waals surface area contributed by atoms with Crippen molar-refractivity contribution in [3.63, 3.8) is 0 Å². The first-order chi connectivity index (χ1) is 13.1. The summed E-state index contributed by atoms with van der Waals surface area (Å²) < 4.78 is 17.3. The fraction of sp³-hybridized carbons (Fsp3) is 0.579. The molecule has 1 spiro atoms. The number of likely N-dealkylation sites (tertiary alicyclic amines) is 1. The van der Waals surface area contributed by atoms with Gasteiger partial charge in [0.15, 0.2) is 5.69 Å². The lowest BCUT2D eigenvalue weighted by Gasteiger charge is -2.52. The van der Waals surface area contributed by atoms with E-state index in [0.29, 0.717) is 37.2 Å². The van der Waals surface area contributed by atoms with E-state index in [4.69, 9.17) is 14.0 Å². The van der Waals surface area contributed by atoms with Gasteiger partial charge in [0.2, 0.25) is 5.88 Å². The Balaban J connectivity index is 1.19. The van der Waals surface area contributed by atoms with Gasteiger partial charge in [0.05, 0.1) is 31.6 Å². The summed E-state index contributed by atoms with van der Waals surface area (Å²) >= 11 is 0. The van der Waals surface area contributed by atoms with Crippen molar-refractivity contribution in [3.8, 4) is 5.88 Å². The molecule has 0 unspecified atom stereocenters. The Kier molecular flexibility index (Phi) is 3.89. The zero-order chi connectivity index (χ0) is 18.4. The molecule has 2 aromatic heterocycles. The van der Waals surface area contributed by atoms with Crippen molar-refractivity contribution in [1.82, 2.24) is 20.0 Å². The van der Waals surface area contributed by atoms with Gasteiger partial charge in [-0.3, -0.25) is 9.78 Å². The number of aromatic nitrogens is 3. The van der Waals surface area contributed by atoms with Crippen molar-refractivity contribution in [2.45, 2.75) is 50.2 Å². The van der Waals surface area contributed by atoms with Crippen LogP contribution in [0.25, 0.3) is 0 Å². The molecule has 2 aliphatic heterocycles. The molecule has 2 aromatic rings. The van der Waals surface area contributed by atoms with E-state index in [1.807, 2.05) is 6.92 Å². The van der Waals surface area contributed by atoms with Gasteiger partial charge in [-0.05, 0) is 19.8 Å². The standard InChI is InChI=1S/C19H22N4O4/c1-12-8-20-9-17(21-12)26-14-4-5-25-19(7-14)10-23(11-19)18(24)15-6-16(27-22-15)13-2-3-13/h6,8-9,13-14H,2-5,7,10-11H2,1H3/t14-/m1/s1. The number of hydrogen-bond acceptors (Lipinski definition) is 7. The van der Waals surface area contributed by atoms with Crippen LogP contribution >= 0.6 is 0 Å². The van der Waals surface area contributed by atoms with Crippen LogP contribution in [-0.4, -0.2) is 57.3 Å². The van der Waals surface area contributed by atoms with E-state index >= 15 is 0 Å². The molecule has 1 atom stereocenters. The topological polar surface area (TPSA) is 90.6 Å². The molecular formula is C19H22N4O4. The maximum absolute atomic E-state index is 12.6. The second-order valence-corrected chi connectivity index (χ2v) is 7.81. The van der Waals surface area contributed by atoms with Crippen LogP contribution in [0.3, 0.4) is 0 Å². The van der Waals surface area contributed by atoms with Crippen LogP contribution in [0.2, 0.25) is 0 Å². The predicted octanol–water partition coefficient (Wildman–Crippen LogP) is 2.10. The van der Waals surface area contributed by atoms with Crippen molar-refractivity contribution < 1.29 is 18.8 Å². The van der Waals surface area contributed by atoms with Gasteiger partial charge in [-0.1, -0.05) is 5.16 Å². The van der Waals surface area contributed by atoms with Crippen molar-refractivity contribution in [2.24, 2.45) is 0 Å². The van der Waals surface area contributed by atoms with Crippen molar-refractivity contribution in [2.75, 3.05) is 19.7 Å². The summed E-state index contributed by atoms with van der Waals surface area (Å²) in [7, 11) is 0. The number of rotatable bonds is 4. The molecule has 5 rings (SSSR count). The molecule has 3 fully saturated rings. The normalized spacial score (nSPS) is 23.9. The highest BCUT2D eigenvalue weighted by molar-refractivity contribution is 5.93. The molecule has 1 aliphatic carbocycles. The highest BCUT2D eigenvalue weighted by Crippen LogP contribution is 2.41. The average molecular weight is 370 g/mol. The van der Waals surface area contributed by atoms with E-state index in [-0.39, 0.29) is 17.6 Å². The number of amides is 1. The summed E-state index contributed by atoms with van der Waals surface area (Å²) in [4.78, 5) is 22.9. The van der Waals surface area contributed by atoms with E-state index in [1.165, 1.54) is 0 Å². The lowest BCUT2D eigenvalue weighted by molar-refractivity contribution is -0.174. The number of aryl methyl sites for hydroxylation is 1. The van der Waals surface area contributed by atoms with Crippen LogP contribution in [0.15, 0.2) is 23.0 Å². The van der Waals surface area contributed by atoms with Gasteiger partial charge in [0, 0.05) is 31.0 Å². The second-order valence-electron chi connectivity index (χ2n) is 7.81. The Morgan fingerprint density at radius 1 is 1.30 bits per heavy atom. The zero-order valence-electron chi connectivity index (χ0n) is 15.3. The summed E-state index contributed by atoms with van der Waals surface area (Å²) in [5, 5.41) is 3.95. The van der Waals surface area contributed by atoms with Gasteiger partial charge in [-0.2, -0.15) is 0 Å². The molecule has 4 heterocycles. The third-order valence-electron chi connectivity index (χ3n) is 5.44. The van der Waals surface area contributed by atoms with Crippen LogP contribution in [-0.2, 0) is 4.74 Å². The molecule has 8 heteroatoms. The lowest BCUT2D eigenvalue weighted by Crippen LogP contribution is -2.67. The SMILES string of the molecule is Cc1cncc(O[C@@H]2CCOC3(C2)CN(C(=O)c2cc(C4CC4)on2)C3)n1.